The molecule has 0 saturated heterocycles. The van der Waals surface area contributed by atoms with Crippen molar-refractivity contribution in [1.29, 1.82) is 0 Å². The van der Waals surface area contributed by atoms with Crippen LogP contribution in [-0.2, 0) is 25.5 Å². The van der Waals surface area contributed by atoms with E-state index in [1.807, 2.05) is 44.4 Å². The number of rotatable bonds is 13. The highest BCUT2D eigenvalue weighted by Gasteiger charge is 2.31. The topological polar surface area (TPSA) is 155 Å². The van der Waals surface area contributed by atoms with E-state index in [-0.39, 0.29) is 12.3 Å². The number of primary amides is 1. The first-order chi connectivity index (χ1) is 17.8. The number of carbonyl (C=O) groups excluding carboxylic acids is 4. The summed E-state index contributed by atoms with van der Waals surface area (Å²) in [6, 6.07) is 4.86. The average Bonchev–Trinajstić information content (AvgIpc) is 3.21. The van der Waals surface area contributed by atoms with Gasteiger partial charge in [0.15, 0.2) is 0 Å². The van der Waals surface area contributed by atoms with Gasteiger partial charge in [-0.15, -0.1) is 0 Å². The van der Waals surface area contributed by atoms with Crippen LogP contribution in [0.15, 0.2) is 30.5 Å². The molecule has 11 heteroatoms. The number of amides is 4. The normalized spacial score (nSPS) is 14.0. The molecule has 1 aromatic heterocycles. The smallest absolute Gasteiger partial charge is 0.408 e. The maximum atomic E-state index is 13.5. The number of hydrogen-bond acceptors (Lipinski definition) is 6. The van der Waals surface area contributed by atoms with Crippen LogP contribution in [0.1, 0.15) is 53.0 Å². The Hall–Kier alpha value is -3.21. The predicted molar refractivity (Wildman–Crippen MR) is 151 cm³/mol. The summed E-state index contributed by atoms with van der Waals surface area (Å²) in [5.74, 6) is -0.968. The molecule has 0 saturated carbocycles. The van der Waals surface area contributed by atoms with Crippen LogP contribution in [0.2, 0.25) is 0 Å². The number of nitrogens with one attached hydrogen (secondary N) is 4. The molecule has 1 aromatic carbocycles. The molecule has 38 heavy (non-hydrogen) atoms. The number of para-hydroxylation sites is 1. The van der Waals surface area contributed by atoms with Gasteiger partial charge in [0, 0.05) is 23.5 Å². The average molecular weight is 548 g/mol. The Morgan fingerprint density at radius 2 is 1.63 bits per heavy atom. The van der Waals surface area contributed by atoms with Gasteiger partial charge in [-0.25, -0.2) is 4.79 Å². The minimum atomic E-state index is -1.02. The second-order valence-electron chi connectivity index (χ2n) is 10.7. The van der Waals surface area contributed by atoms with Gasteiger partial charge in [0.25, 0.3) is 0 Å². The van der Waals surface area contributed by atoms with Crippen LogP contribution in [0.5, 0.6) is 0 Å². The largest absolute Gasteiger partial charge is 0.444 e. The first-order valence-corrected chi connectivity index (χ1v) is 14.1. The highest BCUT2D eigenvalue weighted by Crippen LogP contribution is 2.20. The van der Waals surface area contributed by atoms with E-state index in [1.54, 1.807) is 27.0 Å². The zero-order chi connectivity index (χ0) is 28.5. The Morgan fingerprint density at radius 1 is 1.00 bits per heavy atom. The molecule has 2 aromatic rings. The van der Waals surface area contributed by atoms with E-state index < -0.39 is 47.5 Å². The fraction of sp³-hybridized carbons (Fsp3) is 0.556. The molecule has 2 rings (SSSR count). The van der Waals surface area contributed by atoms with Gasteiger partial charge >= 0.3 is 6.09 Å². The molecule has 0 spiro atoms. The van der Waals surface area contributed by atoms with Gasteiger partial charge in [0.05, 0.1) is 0 Å². The number of aromatic nitrogens is 1. The third-order valence-corrected chi connectivity index (χ3v) is 6.36. The Bertz CT molecular complexity index is 1110. The molecule has 4 amide bonds. The summed E-state index contributed by atoms with van der Waals surface area (Å²) >= 11 is 1.54. The molecule has 0 fully saturated rings. The first-order valence-electron chi connectivity index (χ1n) is 12.7. The second kappa shape index (κ2) is 14.1. The number of carbonyl (C=O) groups is 4. The number of nitrogens with two attached hydrogens (primary N) is 1. The van der Waals surface area contributed by atoms with Crippen LogP contribution in [0.25, 0.3) is 10.9 Å². The number of ether oxygens (including phenoxy) is 1. The number of benzene rings is 1. The molecule has 6 N–H and O–H groups in total. The monoisotopic (exact) mass is 547 g/mol. The van der Waals surface area contributed by atoms with Crippen molar-refractivity contribution >= 4 is 46.5 Å². The van der Waals surface area contributed by atoms with Crippen molar-refractivity contribution in [1.82, 2.24) is 20.9 Å². The Labute approximate surface area is 228 Å². The molecule has 10 nitrogen and oxygen atoms in total. The predicted octanol–water partition coefficient (Wildman–Crippen LogP) is 2.86. The first kappa shape index (κ1) is 31.0. The summed E-state index contributed by atoms with van der Waals surface area (Å²) < 4.78 is 5.39. The van der Waals surface area contributed by atoms with E-state index in [0.29, 0.717) is 18.6 Å². The van der Waals surface area contributed by atoms with Crippen LogP contribution < -0.4 is 21.7 Å². The molecule has 0 aliphatic carbocycles. The zero-order valence-corrected chi connectivity index (χ0v) is 23.9. The minimum Gasteiger partial charge on any atom is -0.444 e. The molecule has 0 radical (unpaired) electrons. The van der Waals surface area contributed by atoms with Gasteiger partial charge in [0.2, 0.25) is 17.7 Å². The summed E-state index contributed by atoms with van der Waals surface area (Å²) in [7, 11) is 0. The van der Waals surface area contributed by atoms with Crippen molar-refractivity contribution in [3.05, 3.63) is 36.0 Å². The highest BCUT2D eigenvalue weighted by atomic mass is 32.2. The molecule has 0 aliphatic heterocycles. The summed E-state index contributed by atoms with van der Waals surface area (Å²) in [6.07, 6.45) is 3.83. The number of aromatic amines is 1. The summed E-state index contributed by atoms with van der Waals surface area (Å²) in [4.78, 5) is 54.4. The van der Waals surface area contributed by atoms with Crippen molar-refractivity contribution in [2.75, 3.05) is 12.0 Å². The number of hydrogen-bond donors (Lipinski definition) is 5. The third kappa shape index (κ3) is 9.92. The quantitative estimate of drug-likeness (QED) is 0.260. The molecule has 1 heterocycles. The van der Waals surface area contributed by atoms with E-state index in [9.17, 15) is 19.2 Å². The van der Waals surface area contributed by atoms with Crippen molar-refractivity contribution < 1.29 is 23.9 Å². The summed E-state index contributed by atoms with van der Waals surface area (Å²) in [6.45, 7) is 9.05. The van der Waals surface area contributed by atoms with E-state index in [2.05, 4.69) is 20.9 Å². The summed E-state index contributed by atoms with van der Waals surface area (Å²) in [5.41, 5.74) is 6.46. The molecule has 0 unspecified atom stereocenters. The lowest BCUT2D eigenvalue weighted by atomic mass is 10.0. The maximum absolute atomic E-state index is 13.5. The highest BCUT2D eigenvalue weighted by molar-refractivity contribution is 7.98. The Balaban J connectivity index is 2.27. The SMILES string of the molecule is CSCC[C@H](NC(=O)[C@H](CC(C)C)NC(=O)[C@@H](Cc1c[nH]c2ccccc12)NC(=O)OC(C)(C)C)C(N)=O. The Morgan fingerprint density at radius 3 is 2.24 bits per heavy atom. The van der Waals surface area contributed by atoms with Crippen LogP contribution in [0.4, 0.5) is 4.79 Å². The fourth-order valence-corrected chi connectivity index (χ4v) is 4.42. The van der Waals surface area contributed by atoms with Crippen molar-refractivity contribution in [3.8, 4) is 0 Å². The van der Waals surface area contributed by atoms with Gasteiger partial charge in [-0.2, -0.15) is 11.8 Å². The summed E-state index contributed by atoms with van der Waals surface area (Å²) in [5, 5.41) is 9.06. The van der Waals surface area contributed by atoms with Crippen molar-refractivity contribution in [2.24, 2.45) is 11.7 Å². The number of thioether (sulfide) groups is 1. The Kier molecular flexibility index (Phi) is 11.5. The van der Waals surface area contributed by atoms with Gasteiger partial charge in [-0.3, -0.25) is 14.4 Å². The lowest BCUT2D eigenvalue weighted by Gasteiger charge is -2.26. The number of fused-ring (bicyclic) bond motifs is 1. The van der Waals surface area contributed by atoms with Crippen LogP contribution in [0.3, 0.4) is 0 Å². The van der Waals surface area contributed by atoms with Crippen LogP contribution in [0, 0.1) is 5.92 Å². The van der Waals surface area contributed by atoms with Crippen LogP contribution >= 0.6 is 11.8 Å². The molecular formula is C27H41N5O5S. The second-order valence-corrected chi connectivity index (χ2v) is 11.7. The van der Waals surface area contributed by atoms with E-state index in [1.165, 1.54) is 11.8 Å². The number of H-pyrrole nitrogens is 1. The fourth-order valence-electron chi connectivity index (χ4n) is 3.95. The zero-order valence-electron chi connectivity index (χ0n) is 23.1. The lowest BCUT2D eigenvalue weighted by molar-refractivity contribution is -0.132. The van der Waals surface area contributed by atoms with E-state index in [0.717, 1.165) is 16.5 Å². The van der Waals surface area contributed by atoms with Crippen LogP contribution in [-0.4, -0.2) is 64.5 Å². The standard InChI is InChI=1S/C27H41N5O5S/c1-16(2)13-21(24(34)30-20(23(28)33)11-12-38-6)31-25(35)22(32-26(36)37-27(3,4)5)14-17-15-29-19-10-8-7-9-18(17)19/h7-10,15-16,20-22,29H,11-14H2,1-6H3,(H2,28,33)(H,30,34)(H,31,35)(H,32,36)/t20-,21-,22+/m0/s1. The number of alkyl carbamates (subject to hydrolysis) is 1. The molecule has 0 bridgehead atoms. The lowest BCUT2D eigenvalue weighted by Crippen LogP contribution is -2.57. The molecule has 210 valence electrons. The molecule has 3 atom stereocenters. The van der Waals surface area contributed by atoms with Gasteiger partial charge in [0.1, 0.15) is 23.7 Å². The van der Waals surface area contributed by atoms with E-state index >= 15 is 0 Å². The maximum Gasteiger partial charge on any atom is 0.408 e. The van der Waals surface area contributed by atoms with E-state index in [4.69, 9.17) is 10.5 Å². The third-order valence-electron chi connectivity index (χ3n) is 5.72. The van der Waals surface area contributed by atoms with Gasteiger partial charge in [-0.1, -0.05) is 32.0 Å². The van der Waals surface area contributed by atoms with Gasteiger partial charge in [-0.05, 0) is 63.2 Å². The van der Waals surface area contributed by atoms with Crippen molar-refractivity contribution in [2.45, 2.75) is 77.6 Å². The molecular weight excluding hydrogens is 506 g/mol. The van der Waals surface area contributed by atoms with Crippen molar-refractivity contribution in [3.63, 3.8) is 0 Å². The molecule has 0 aliphatic rings. The minimum absolute atomic E-state index is 0.0650. The van der Waals surface area contributed by atoms with Gasteiger partial charge < -0.3 is 31.4 Å².